The van der Waals surface area contributed by atoms with E-state index >= 15 is 0 Å². The second-order valence-electron chi connectivity index (χ2n) is 5.93. The summed E-state index contributed by atoms with van der Waals surface area (Å²) in [6.45, 7) is 0. The molecule has 3 aromatic carbocycles. The van der Waals surface area contributed by atoms with Gasteiger partial charge in [-0.05, 0) is 42.0 Å². The van der Waals surface area contributed by atoms with Crippen LogP contribution in [0.1, 0.15) is 5.56 Å². The first-order valence-corrected chi connectivity index (χ1v) is 9.94. The molecule has 2 nitrogen and oxygen atoms in total. The molecular formula is C21H13Cl2FN2S. The van der Waals surface area contributed by atoms with E-state index in [-0.39, 0.29) is 5.82 Å². The topological polar surface area (TPSA) is 25.8 Å². The SMILES string of the molecule is Fc1ccc(-c2nnc(SCc3ccc(Cl)cc3Cl)c3ccccc23)cc1. The van der Waals surface area contributed by atoms with Crippen LogP contribution in [0.25, 0.3) is 22.0 Å². The minimum absolute atomic E-state index is 0.275. The molecule has 0 aliphatic heterocycles. The molecule has 0 aliphatic rings. The molecule has 0 bridgehead atoms. The predicted octanol–water partition coefficient (Wildman–Crippen LogP) is 7.04. The molecule has 6 heteroatoms. The quantitative estimate of drug-likeness (QED) is 0.335. The Morgan fingerprint density at radius 2 is 1.59 bits per heavy atom. The third kappa shape index (κ3) is 3.93. The first kappa shape index (κ1) is 18.2. The number of rotatable bonds is 4. The maximum atomic E-state index is 13.2. The molecule has 4 rings (SSSR count). The number of aromatic nitrogens is 2. The highest BCUT2D eigenvalue weighted by Crippen LogP contribution is 2.34. The van der Waals surface area contributed by atoms with Gasteiger partial charge in [0, 0.05) is 32.1 Å². The van der Waals surface area contributed by atoms with Crippen LogP contribution in [0.5, 0.6) is 0 Å². The highest BCUT2D eigenvalue weighted by Gasteiger charge is 2.12. The molecule has 27 heavy (non-hydrogen) atoms. The van der Waals surface area contributed by atoms with Gasteiger partial charge in [-0.25, -0.2) is 4.39 Å². The molecule has 0 unspecified atom stereocenters. The molecule has 0 fully saturated rings. The van der Waals surface area contributed by atoms with Crippen LogP contribution in [-0.2, 0) is 5.75 Å². The smallest absolute Gasteiger partial charge is 0.127 e. The van der Waals surface area contributed by atoms with Crippen LogP contribution in [0.4, 0.5) is 4.39 Å². The molecule has 0 radical (unpaired) electrons. The number of halogens is 3. The van der Waals surface area contributed by atoms with Gasteiger partial charge in [-0.15, -0.1) is 10.2 Å². The van der Waals surface area contributed by atoms with Crippen molar-refractivity contribution >= 4 is 45.7 Å². The van der Waals surface area contributed by atoms with Crippen molar-refractivity contribution in [2.45, 2.75) is 10.8 Å². The fourth-order valence-corrected chi connectivity index (χ4v) is 4.32. The summed E-state index contributed by atoms with van der Waals surface area (Å²) in [6, 6.07) is 19.7. The van der Waals surface area contributed by atoms with Crippen LogP contribution in [0.2, 0.25) is 10.0 Å². The Balaban J connectivity index is 1.70. The maximum absolute atomic E-state index is 13.2. The lowest BCUT2D eigenvalue weighted by molar-refractivity contribution is 0.628. The van der Waals surface area contributed by atoms with Gasteiger partial charge in [0.1, 0.15) is 16.5 Å². The monoisotopic (exact) mass is 414 g/mol. The first-order chi connectivity index (χ1) is 13.1. The van der Waals surface area contributed by atoms with E-state index < -0.39 is 0 Å². The van der Waals surface area contributed by atoms with Crippen molar-refractivity contribution in [2.75, 3.05) is 0 Å². The van der Waals surface area contributed by atoms with Crippen LogP contribution in [0.3, 0.4) is 0 Å². The van der Waals surface area contributed by atoms with Crippen LogP contribution in [0.15, 0.2) is 71.8 Å². The van der Waals surface area contributed by atoms with Gasteiger partial charge >= 0.3 is 0 Å². The Hall–Kier alpha value is -2.14. The van der Waals surface area contributed by atoms with E-state index in [4.69, 9.17) is 23.2 Å². The molecule has 0 aliphatic carbocycles. The van der Waals surface area contributed by atoms with Gasteiger partial charge in [-0.2, -0.15) is 0 Å². The summed E-state index contributed by atoms with van der Waals surface area (Å²) >= 11 is 13.8. The van der Waals surface area contributed by atoms with E-state index in [2.05, 4.69) is 10.2 Å². The third-order valence-corrected chi connectivity index (χ3v) is 5.77. The van der Waals surface area contributed by atoms with Crippen molar-refractivity contribution in [1.29, 1.82) is 0 Å². The summed E-state index contributed by atoms with van der Waals surface area (Å²) < 4.78 is 13.2. The van der Waals surface area contributed by atoms with Gasteiger partial charge in [-0.1, -0.05) is 65.3 Å². The normalized spacial score (nSPS) is 11.1. The average Bonchev–Trinajstić information content (AvgIpc) is 2.68. The molecule has 0 saturated carbocycles. The third-order valence-electron chi connectivity index (χ3n) is 4.15. The standard InChI is InChI=1S/C21H13Cl2FN2S/c22-15-8-5-14(19(23)11-15)12-27-21-18-4-2-1-3-17(18)20(25-26-21)13-6-9-16(24)10-7-13/h1-11H,12H2. The van der Waals surface area contributed by atoms with Crippen LogP contribution >= 0.6 is 35.0 Å². The van der Waals surface area contributed by atoms with Crippen molar-refractivity contribution in [3.05, 3.63) is 88.2 Å². The van der Waals surface area contributed by atoms with E-state index in [1.54, 1.807) is 30.0 Å². The first-order valence-electron chi connectivity index (χ1n) is 8.20. The Morgan fingerprint density at radius 1 is 0.852 bits per heavy atom. The van der Waals surface area contributed by atoms with Gasteiger partial charge in [0.05, 0.1) is 0 Å². The molecule has 1 heterocycles. The number of hydrogen-bond donors (Lipinski definition) is 0. The zero-order valence-corrected chi connectivity index (χ0v) is 16.3. The molecule has 1 aromatic heterocycles. The number of benzene rings is 3. The molecule has 0 amide bonds. The zero-order valence-electron chi connectivity index (χ0n) is 14.0. The Labute approximate surface area is 170 Å². The largest absolute Gasteiger partial charge is 0.207 e. The fourth-order valence-electron chi connectivity index (χ4n) is 2.79. The summed E-state index contributed by atoms with van der Waals surface area (Å²) in [5.74, 6) is 0.382. The summed E-state index contributed by atoms with van der Waals surface area (Å²) in [5.41, 5.74) is 2.55. The molecule has 0 spiro atoms. The number of hydrogen-bond acceptors (Lipinski definition) is 3. The van der Waals surface area contributed by atoms with Gasteiger partial charge in [0.25, 0.3) is 0 Å². The molecule has 134 valence electrons. The maximum Gasteiger partial charge on any atom is 0.127 e. The number of thioether (sulfide) groups is 1. The van der Waals surface area contributed by atoms with Crippen molar-refractivity contribution in [3.63, 3.8) is 0 Å². The minimum atomic E-state index is -0.275. The van der Waals surface area contributed by atoms with Crippen molar-refractivity contribution in [3.8, 4) is 11.3 Å². The zero-order chi connectivity index (χ0) is 18.8. The number of fused-ring (bicyclic) bond motifs is 1. The molecule has 0 saturated heterocycles. The van der Waals surface area contributed by atoms with Gasteiger partial charge in [0.15, 0.2) is 0 Å². The fraction of sp³-hybridized carbons (Fsp3) is 0.0476. The van der Waals surface area contributed by atoms with Crippen molar-refractivity contribution in [2.24, 2.45) is 0 Å². The van der Waals surface area contributed by atoms with Crippen molar-refractivity contribution < 1.29 is 4.39 Å². The highest BCUT2D eigenvalue weighted by atomic mass is 35.5. The van der Waals surface area contributed by atoms with Gasteiger partial charge < -0.3 is 0 Å². The predicted molar refractivity (Wildman–Crippen MR) is 111 cm³/mol. The summed E-state index contributed by atoms with van der Waals surface area (Å²) in [7, 11) is 0. The van der Waals surface area contributed by atoms with E-state index in [0.717, 1.165) is 32.6 Å². The lowest BCUT2D eigenvalue weighted by atomic mass is 10.1. The summed E-state index contributed by atoms with van der Waals surface area (Å²) in [5, 5.41) is 12.9. The second kappa shape index (κ2) is 7.85. The van der Waals surface area contributed by atoms with E-state index in [1.165, 1.54) is 12.1 Å². The summed E-state index contributed by atoms with van der Waals surface area (Å²) in [4.78, 5) is 0. The van der Waals surface area contributed by atoms with E-state index in [0.29, 0.717) is 15.8 Å². The average molecular weight is 415 g/mol. The Kier molecular flexibility index (Phi) is 5.30. The molecule has 0 N–H and O–H groups in total. The molecule has 4 aromatic rings. The lowest BCUT2D eigenvalue weighted by Crippen LogP contribution is -1.94. The van der Waals surface area contributed by atoms with Crippen LogP contribution < -0.4 is 0 Å². The second-order valence-corrected chi connectivity index (χ2v) is 7.74. The number of nitrogens with zero attached hydrogens (tertiary/aromatic N) is 2. The molecule has 0 atom stereocenters. The van der Waals surface area contributed by atoms with Crippen LogP contribution in [-0.4, -0.2) is 10.2 Å². The minimum Gasteiger partial charge on any atom is -0.207 e. The molecular weight excluding hydrogens is 402 g/mol. The highest BCUT2D eigenvalue weighted by molar-refractivity contribution is 7.98. The Morgan fingerprint density at radius 3 is 2.33 bits per heavy atom. The van der Waals surface area contributed by atoms with Crippen molar-refractivity contribution in [1.82, 2.24) is 10.2 Å². The van der Waals surface area contributed by atoms with E-state index in [9.17, 15) is 4.39 Å². The lowest BCUT2D eigenvalue weighted by Gasteiger charge is -2.10. The van der Waals surface area contributed by atoms with E-state index in [1.807, 2.05) is 36.4 Å². The summed E-state index contributed by atoms with van der Waals surface area (Å²) in [6.07, 6.45) is 0. The van der Waals surface area contributed by atoms with Gasteiger partial charge in [0.2, 0.25) is 0 Å². The Bertz CT molecular complexity index is 1120. The van der Waals surface area contributed by atoms with Gasteiger partial charge in [-0.3, -0.25) is 0 Å². The van der Waals surface area contributed by atoms with Crippen LogP contribution in [0, 0.1) is 5.82 Å².